The summed E-state index contributed by atoms with van der Waals surface area (Å²) in [6, 6.07) is 2.84. The normalized spacial score (nSPS) is 10.4. The number of aromatic carboxylic acids is 2. The summed E-state index contributed by atoms with van der Waals surface area (Å²) in [6.07, 6.45) is 0. The Morgan fingerprint density at radius 1 is 1.00 bits per heavy atom. The second-order valence-electron chi connectivity index (χ2n) is 2.77. The van der Waals surface area contributed by atoms with Crippen LogP contribution >= 0.6 is 0 Å². The Kier molecular flexibility index (Phi) is 4.91. The Balaban J connectivity index is 0.00000256. The number of hydrogen-bond acceptors (Lipinski definition) is 4. The van der Waals surface area contributed by atoms with Gasteiger partial charge in [0.1, 0.15) is 4.90 Å². The summed E-state index contributed by atoms with van der Waals surface area (Å²) < 4.78 is 30.6. The molecule has 0 unspecified atom stereocenters. The number of hydrogen-bond donors (Lipinski definition) is 3. The Morgan fingerprint density at radius 3 is 1.59 bits per heavy atom. The van der Waals surface area contributed by atoms with E-state index >= 15 is 0 Å². The van der Waals surface area contributed by atoms with E-state index in [0.717, 1.165) is 18.2 Å². The second-order valence-corrected chi connectivity index (χ2v) is 4.13. The van der Waals surface area contributed by atoms with E-state index in [-0.39, 0.29) is 18.9 Å². The molecule has 0 saturated heterocycles. The number of carbonyl (C=O) groups is 2. The van der Waals surface area contributed by atoms with Crippen molar-refractivity contribution in [3.63, 3.8) is 0 Å². The van der Waals surface area contributed by atoms with E-state index in [4.69, 9.17) is 14.8 Å². The third-order valence-corrected chi connectivity index (χ3v) is 2.69. The number of rotatable bonds is 3. The molecule has 0 bridgehead atoms. The van der Waals surface area contributed by atoms with Gasteiger partial charge in [0.05, 0.1) is 11.1 Å². The standard InChI is InChI=1S/C8H6O7S.Li/c9-7(10)4-2-1-3-5(8(11)12)6(4)16(13,14)15;/h1-3H,(H,9,10)(H,11,12)(H,13,14,15);. The van der Waals surface area contributed by atoms with Crippen LogP contribution in [0.2, 0.25) is 0 Å². The van der Waals surface area contributed by atoms with E-state index in [1.165, 1.54) is 0 Å². The molecule has 17 heavy (non-hydrogen) atoms. The van der Waals surface area contributed by atoms with Crippen molar-refractivity contribution < 1.29 is 32.8 Å². The van der Waals surface area contributed by atoms with Crippen molar-refractivity contribution in [2.24, 2.45) is 0 Å². The molecule has 0 fully saturated rings. The molecule has 9 heteroatoms. The molecule has 87 valence electrons. The van der Waals surface area contributed by atoms with Gasteiger partial charge in [0.2, 0.25) is 0 Å². The molecule has 7 nitrogen and oxygen atoms in total. The van der Waals surface area contributed by atoms with E-state index in [9.17, 15) is 18.0 Å². The molecule has 0 aromatic heterocycles. The molecule has 1 rings (SSSR count). The van der Waals surface area contributed by atoms with Crippen molar-refractivity contribution in [1.29, 1.82) is 0 Å². The molecule has 0 aliphatic carbocycles. The zero-order valence-corrected chi connectivity index (χ0v) is 9.43. The molecule has 1 aromatic rings. The topological polar surface area (TPSA) is 129 Å². The van der Waals surface area contributed by atoms with Gasteiger partial charge < -0.3 is 10.2 Å². The van der Waals surface area contributed by atoms with E-state index in [0.29, 0.717) is 0 Å². The molecule has 0 aliphatic heterocycles. The van der Waals surface area contributed by atoms with E-state index < -0.39 is 38.1 Å². The van der Waals surface area contributed by atoms with Gasteiger partial charge in [0, 0.05) is 18.9 Å². The molecule has 0 amide bonds. The molecule has 1 aromatic carbocycles. The van der Waals surface area contributed by atoms with Crippen molar-refractivity contribution in [2.75, 3.05) is 0 Å². The van der Waals surface area contributed by atoms with Gasteiger partial charge in [-0.25, -0.2) is 9.59 Å². The number of benzene rings is 1. The van der Waals surface area contributed by atoms with Crippen LogP contribution in [0.5, 0.6) is 0 Å². The number of carboxylic acids is 2. The second kappa shape index (κ2) is 5.33. The molecule has 3 N–H and O–H groups in total. The molecule has 0 aliphatic rings. The fourth-order valence-electron chi connectivity index (χ4n) is 1.15. The molecular weight excluding hydrogens is 247 g/mol. The minimum absolute atomic E-state index is 0. The maximum Gasteiger partial charge on any atom is 0.337 e. The summed E-state index contributed by atoms with van der Waals surface area (Å²) in [5.74, 6) is -3.29. The van der Waals surface area contributed by atoms with Crippen LogP contribution in [0.25, 0.3) is 0 Å². The molecule has 0 atom stereocenters. The van der Waals surface area contributed by atoms with Gasteiger partial charge in [-0.1, -0.05) is 6.07 Å². The predicted molar refractivity (Wildman–Crippen MR) is 55.9 cm³/mol. The minimum atomic E-state index is -4.92. The summed E-state index contributed by atoms with van der Waals surface area (Å²) in [4.78, 5) is 20.2. The Labute approximate surface area is 108 Å². The maximum atomic E-state index is 10.9. The average molecular weight is 253 g/mol. The van der Waals surface area contributed by atoms with Crippen LogP contribution in [-0.4, -0.2) is 54.0 Å². The Morgan fingerprint density at radius 2 is 1.35 bits per heavy atom. The molecule has 0 spiro atoms. The molecule has 0 heterocycles. The van der Waals surface area contributed by atoms with Gasteiger partial charge in [-0.3, -0.25) is 4.55 Å². The van der Waals surface area contributed by atoms with Crippen LogP contribution in [0.15, 0.2) is 23.1 Å². The maximum absolute atomic E-state index is 10.9. The SMILES string of the molecule is O=C(O)c1cccc(C(=O)O)c1S(=O)(=O)O.[Li]. The van der Waals surface area contributed by atoms with Crippen molar-refractivity contribution in [1.82, 2.24) is 0 Å². The van der Waals surface area contributed by atoms with Crippen LogP contribution < -0.4 is 0 Å². The Hall–Kier alpha value is -1.33. The quantitative estimate of drug-likeness (QED) is 0.508. The van der Waals surface area contributed by atoms with Crippen LogP contribution in [0.3, 0.4) is 0 Å². The first-order chi connectivity index (χ1) is 7.25. The van der Waals surface area contributed by atoms with Crippen LogP contribution in [0.4, 0.5) is 0 Å². The van der Waals surface area contributed by atoms with Gasteiger partial charge in [0.15, 0.2) is 0 Å². The fraction of sp³-hybridized carbons (Fsp3) is 0. The zero-order chi connectivity index (χ0) is 12.5. The first kappa shape index (κ1) is 15.7. The Bertz CT molecular complexity index is 531. The zero-order valence-electron chi connectivity index (χ0n) is 8.61. The summed E-state index contributed by atoms with van der Waals surface area (Å²) in [6.45, 7) is 0. The van der Waals surface area contributed by atoms with E-state index in [1.807, 2.05) is 0 Å². The number of carboxylic acid groups (broad SMARTS) is 2. The van der Waals surface area contributed by atoms with E-state index in [2.05, 4.69) is 0 Å². The van der Waals surface area contributed by atoms with Crippen LogP contribution in [0.1, 0.15) is 20.7 Å². The predicted octanol–water partition coefficient (Wildman–Crippen LogP) is -0.0511. The van der Waals surface area contributed by atoms with Crippen molar-refractivity contribution >= 4 is 40.9 Å². The molecule has 1 radical (unpaired) electrons. The van der Waals surface area contributed by atoms with Gasteiger partial charge in [0.25, 0.3) is 10.1 Å². The van der Waals surface area contributed by atoms with Crippen molar-refractivity contribution in [2.45, 2.75) is 4.90 Å². The monoisotopic (exact) mass is 253 g/mol. The van der Waals surface area contributed by atoms with Crippen molar-refractivity contribution in [3.05, 3.63) is 29.3 Å². The minimum Gasteiger partial charge on any atom is -0.478 e. The van der Waals surface area contributed by atoms with Gasteiger partial charge >= 0.3 is 11.9 Å². The van der Waals surface area contributed by atoms with Crippen LogP contribution in [-0.2, 0) is 10.1 Å². The van der Waals surface area contributed by atoms with Gasteiger partial charge in [-0.05, 0) is 12.1 Å². The van der Waals surface area contributed by atoms with Crippen LogP contribution in [0, 0.1) is 0 Å². The first-order valence-electron chi connectivity index (χ1n) is 3.82. The molecular formula is C8H6LiO7S. The summed E-state index contributed by atoms with van der Waals surface area (Å²) >= 11 is 0. The third kappa shape index (κ3) is 3.31. The van der Waals surface area contributed by atoms with Crippen molar-refractivity contribution in [3.8, 4) is 0 Å². The summed E-state index contributed by atoms with van der Waals surface area (Å²) in [7, 11) is -4.92. The van der Waals surface area contributed by atoms with E-state index in [1.54, 1.807) is 0 Å². The largest absolute Gasteiger partial charge is 0.478 e. The average Bonchev–Trinajstić information content (AvgIpc) is 2.15. The fourth-order valence-corrected chi connectivity index (χ4v) is 2.02. The summed E-state index contributed by atoms with van der Waals surface area (Å²) in [5, 5.41) is 17.3. The van der Waals surface area contributed by atoms with Gasteiger partial charge in [-0.15, -0.1) is 0 Å². The summed E-state index contributed by atoms with van der Waals surface area (Å²) in [5.41, 5.74) is -1.58. The van der Waals surface area contributed by atoms with Gasteiger partial charge in [-0.2, -0.15) is 8.42 Å². The third-order valence-electron chi connectivity index (χ3n) is 1.73. The first-order valence-corrected chi connectivity index (χ1v) is 5.26. The smallest absolute Gasteiger partial charge is 0.337 e. The molecule has 0 saturated carbocycles.